The van der Waals surface area contributed by atoms with Crippen molar-refractivity contribution in [1.82, 2.24) is 9.80 Å². The monoisotopic (exact) mass is 346 g/mol. The van der Waals surface area contributed by atoms with Crippen LogP contribution in [0.25, 0.3) is 0 Å². The molecule has 25 heavy (non-hydrogen) atoms. The zero-order chi connectivity index (χ0) is 17.6. The van der Waals surface area contributed by atoms with Crippen molar-refractivity contribution in [3.05, 3.63) is 11.6 Å². The van der Waals surface area contributed by atoms with Crippen molar-refractivity contribution in [3.8, 4) is 0 Å². The number of fused-ring (bicyclic) bond motifs is 6. The first-order chi connectivity index (χ1) is 12.1. The number of amides is 1. The van der Waals surface area contributed by atoms with Crippen molar-refractivity contribution < 1.29 is 14.3 Å². The Hall–Kier alpha value is -1.36. The summed E-state index contributed by atoms with van der Waals surface area (Å²) in [6.07, 6.45) is 7.91. The number of carbonyl (C=O) groups is 2. The fourth-order valence-corrected chi connectivity index (χ4v) is 5.52. The second kappa shape index (κ2) is 6.75. The van der Waals surface area contributed by atoms with Gasteiger partial charge >= 0.3 is 5.97 Å². The van der Waals surface area contributed by atoms with Gasteiger partial charge in [-0.05, 0) is 51.4 Å². The fourth-order valence-electron chi connectivity index (χ4n) is 5.52. The number of esters is 1. The third-order valence-electron chi connectivity index (χ3n) is 6.95. The molecule has 0 spiro atoms. The van der Waals surface area contributed by atoms with Crippen molar-refractivity contribution in [3.63, 3.8) is 0 Å². The number of hydrogen-bond acceptors (Lipinski definition) is 4. The van der Waals surface area contributed by atoms with E-state index in [1.165, 1.54) is 12.8 Å². The summed E-state index contributed by atoms with van der Waals surface area (Å²) in [7, 11) is 0. The molecule has 0 aromatic carbocycles. The summed E-state index contributed by atoms with van der Waals surface area (Å²) in [6, 6.07) is 0.940. The van der Waals surface area contributed by atoms with Crippen molar-refractivity contribution >= 4 is 11.9 Å². The SMILES string of the molecule is C/C=C(/C)C(=O)O[C@H]1CCN2C[C@H]3C[C@@H](CN4C(=O)CCCC34)C2C1. The van der Waals surface area contributed by atoms with Crippen molar-refractivity contribution in [1.29, 1.82) is 0 Å². The number of nitrogens with zero attached hydrogens (tertiary/aromatic N) is 2. The highest BCUT2D eigenvalue weighted by atomic mass is 16.5. The summed E-state index contributed by atoms with van der Waals surface area (Å²) in [4.78, 5) is 29.3. The molecule has 2 unspecified atom stereocenters. The molecule has 138 valence electrons. The van der Waals surface area contributed by atoms with Gasteiger partial charge in [-0.1, -0.05) is 6.08 Å². The van der Waals surface area contributed by atoms with Crippen LogP contribution in [0.3, 0.4) is 0 Å². The molecule has 5 atom stereocenters. The molecular formula is C20H30N2O3. The normalized spacial score (nSPS) is 38.8. The molecule has 2 bridgehead atoms. The summed E-state index contributed by atoms with van der Waals surface area (Å²) in [6.45, 7) is 6.73. The Balaban J connectivity index is 1.44. The van der Waals surface area contributed by atoms with Gasteiger partial charge in [0.1, 0.15) is 6.10 Å². The Kier molecular flexibility index (Phi) is 4.61. The number of ether oxygens (including phenoxy) is 1. The van der Waals surface area contributed by atoms with E-state index in [9.17, 15) is 9.59 Å². The molecule has 0 aromatic heterocycles. The summed E-state index contributed by atoms with van der Waals surface area (Å²) in [5, 5.41) is 0. The average molecular weight is 346 g/mol. The molecule has 4 heterocycles. The van der Waals surface area contributed by atoms with Crippen LogP contribution in [-0.2, 0) is 14.3 Å². The molecule has 0 aromatic rings. The minimum Gasteiger partial charge on any atom is -0.459 e. The van der Waals surface area contributed by atoms with Gasteiger partial charge in [0, 0.05) is 50.1 Å². The van der Waals surface area contributed by atoms with Crippen LogP contribution in [0.1, 0.15) is 52.4 Å². The molecule has 4 aliphatic rings. The first kappa shape index (κ1) is 17.1. The van der Waals surface area contributed by atoms with E-state index < -0.39 is 0 Å². The predicted octanol–water partition coefficient (Wildman–Crippen LogP) is 2.36. The Morgan fingerprint density at radius 2 is 1.96 bits per heavy atom. The molecule has 4 fully saturated rings. The first-order valence-corrected chi connectivity index (χ1v) is 9.94. The second-order valence-electron chi connectivity index (χ2n) is 8.35. The van der Waals surface area contributed by atoms with E-state index in [2.05, 4.69) is 9.80 Å². The molecule has 5 heteroatoms. The minimum absolute atomic E-state index is 0.0231. The van der Waals surface area contributed by atoms with Gasteiger partial charge in [0.25, 0.3) is 0 Å². The molecule has 4 aliphatic heterocycles. The Bertz CT molecular complexity index is 587. The van der Waals surface area contributed by atoms with E-state index in [0.29, 0.717) is 35.4 Å². The van der Waals surface area contributed by atoms with Gasteiger partial charge in [-0.2, -0.15) is 0 Å². The molecule has 5 nitrogen and oxygen atoms in total. The van der Waals surface area contributed by atoms with Crippen molar-refractivity contribution in [2.24, 2.45) is 11.8 Å². The Morgan fingerprint density at radius 3 is 2.76 bits per heavy atom. The van der Waals surface area contributed by atoms with Gasteiger partial charge in [0.2, 0.25) is 5.91 Å². The van der Waals surface area contributed by atoms with E-state index in [1.807, 2.05) is 19.9 Å². The average Bonchev–Trinajstić information content (AvgIpc) is 2.62. The largest absolute Gasteiger partial charge is 0.459 e. The number of piperidine rings is 4. The summed E-state index contributed by atoms with van der Waals surface area (Å²) in [5.41, 5.74) is 0.686. The predicted molar refractivity (Wildman–Crippen MR) is 94.9 cm³/mol. The van der Waals surface area contributed by atoms with Crippen LogP contribution in [0.2, 0.25) is 0 Å². The van der Waals surface area contributed by atoms with E-state index >= 15 is 0 Å². The molecule has 0 aliphatic carbocycles. The van der Waals surface area contributed by atoms with Crippen molar-refractivity contribution in [2.45, 2.75) is 70.6 Å². The number of rotatable bonds is 2. The molecule has 4 rings (SSSR count). The highest BCUT2D eigenvalue weighted by molar-refractivity contribution is 5.87. The quantitative estimate of drug-likeness (QED) is 0.569. The fraction of sp³-hybridized carbons (Fsp3) is 0.800. The zero-order valence-electron chi connectivity index (χ0n) is 15.4. The highest BCUT2D eigenvalue weighted by Gasteiger charge is 2.49. The minimum atomic E-state index is -0.176. The van der Waals surface area contributed by atoms with Gasteiger partial charge in [0.15, 0.2) is 0 Å². The molecule has 0 N–H and O–H groups in total. The van der Waals surface area contributed by atoms with Crippen LogP contribution < -0.4 is 0 Å². The number of allylic oxidation sites excluding steroid dienone is 1. The van der Waals surface area contributed by atoms with Crippen LogP contribution in [0.15, 0.2) is 11.6 Å². The lowest BCUT2D eigenvalue weighted by Gasteiger charge is -2.57. The number of hydrogen-bond donors (Lipinski definition) is 0. The Labute approximate surface area is 150 Å². The van der Waals surface area contributed by atoms with Gasteiger partial charge in [-0.3, -0.25) is 9.69 Å². The van der Waals surface area contributed by atoms with E-state index in [0.717, 1.165) is 45.3 Å². The summed E-state index contributed by atoms with van der Waals surface area (Å²) in [5.74, 6) is 1.37. The van der Waals surface area contributed by atoms with E-state index in [4.69, 9.17) is 4.74 Å². The van der Waals surface area contributed by atoms with Gasteiger partial charge in [-0.15, -0.1) is 0 Å². The van der Waals surface area contributed by atoms with Gasteiger partial charge in [0.05, 0.1) is 0 Å². The van der Waals surface area contributed by atoms with Crippen LogP contribution in [0.4, 0.5) is 0 Å². The second-order valence-corrected chi connectivity index (χ2v) is 8.35. The topological polar surface area (TPSA) is 49.9 Å². The van der Waals surface area contributed by atoms with Crippen LogP contribution in [0, 0.1) is 11.8 Å². The maximum atomic E-state index is 12.4. The lowest BCUT2D eigenvalue weighted by Crippen LogP contribution is -2.65. The number of carbonyl (C=O) groups excluding carboxylic acids is 2. The smallest absolute Gasteiger partial charge is 0.333 e. The molecule has 0 saturated carbocycles. The molecular weight excluding hydrogens is 316 g/mol. The maximum Gasteiger partial charge on any atom is 0.333 e. The molecule has 4 saturated heterocycles. The van der Waals surface area contributed by atoms with E-state index in [-0.39, 0.29) is 12.1 Å². The van der Waals surface area contributed by atoms with E-state index in [1.54, 1.807) is 0 Å². The highest BCUT2D eigenvalue weighted by Crippen LogP contribution is 2.43. The van der Waals surface area contributed by atoms with Crippen molar-refractivity contribution in [2.75, 3.05) is 19.6 Å². The Morgan fingerprint density at radius 1 is 1.16 bits per heavy atom. The third-order valence-corrected chi connectivity index (χ3v) is 6.95. The first-order valence-electron chi connectivity index (χ1n) is 9.94. The van der Waals surface area contributed by atoms with Crippen LogP contribution in [0.5, 0.6) is 0 Å². The van der Waals surface area contributed by atoms with Gasteiger partial charge in [-0.25, -0.2) is 4.79 Å². The lowest BCUT2D eigenvalue weighted by molar-refractivity contribution is -0.156. The standard InChI is InChI=1S/C20H30N2O3/c1-3-13(2)20(24)25-16-7-8-21-11-14-9-15(18(21)10-16)12-22-17(14)5-4-6-19(22)23/h3,14-18H,4-12H2,1-2H3/b13-3-/t14-,15+,16+,17?,18?/m1/s1. The van der Waals surface area contributed by atoms with Crippen LogP contribution in [-0.4, -0.2) is 59.5 Å². The molecule has 1 amide bonds. The summed E-state index contributed by atoms with van der Waals surface area (Å²) >= 11 is 0. The summed E-state index contributed by atoms with van der Waals surface area (Å²) < 4.78 is 5.74. The third kappa shape index (κ3) is 3.12. The lowest BCUT2D eigenvalue weighted by atomic mass is 9.70. The maximum absolute atomic E-state index is 12.4. The van der Waals surface area contributed by atoms with Gasteiger partial charge < -0.3 is 9.64 Å². The van der Waals surface area contributed by atoms with Crippen LogP contribution >= 0.6 is 0 Å². The zero-order valence-corrected chi connectivity index (χ0v) is 15.4. The molecule has 0 radical (unpaired) electrons.